The van der Waals surface area contributed by atoms with E-state index in [-0.39, 0.29) is 13.1 Å². The molecule has 24 heavy (non-hydrogen) atoms. The highest BCUT2D eigenvalue weighted by Gasteiger charge is 2.51. The summed E-state index contributed by atoms with van der Waals surface area (Å²) in [4.78, 5) is 0. The van der Waals surface area contributed by atoms with E-state index in [1.165, 1.54) is 44.1 Å². The smallest absolute Gasteiger partial charge is 0.191 e. The zero-order valence-electron chi connectivity index (χ0n) is 14.3. The summed E-state index contributed by atoms with van der Waals surface area (Å²) in [5.74, 6) is 3.70. The fraction of sp³-hybridized carbons (Fsp3) is 0.700. The van der Waals surface area contributed by atoms with E-state index in [4.69, 9.17) is 14.2 Å². The van der Waals surface area contributed by atoms with Gasteiger partial charge in [0.25, 0.3) is 0 Å². The van der Waals surface area contributed by atoms with Gasteiger partial charge in [-0.05, 0) is 85.5 Å². The van der Waals surface area contributed by atoms with E-state index in [2.05, 4.69) is 34.1 Å². The van der Waals surface area contributed by atoms with Gasteiger partial charge in [0.05, 0.1) is 5.33 Å². The molecule has 0 amide bonds. The van der Waals surface area contributed by atoms with E-state index < -0.39 is 0 Å². The SMILES string of the molecule is COC(CBr)OCOc1c[c]c(C23CC4CC(CC(C4)C2)C3)cc1. The van der Waals surface area contributed by atoms with Crippen LogP contribution in [0.25, 0.3) is 0 Å². The lowest BCUT2D eigenvalue weighted by molar-refractivity contribution is -0.146. The molecule has 0 aliphatic heterocycles. The van der Waals surface area contributed by atoms with Gasteiger partial charge in [-0.3, -0.25) is 0 Å². The van der Waals surface area contributed by atoms with Gasteiger partial charge in [-0.15, -0.1) is 0 Å². The molecular formula is C20H26BrO3. The first kappa shape index (κ1) is 16.9. The molecule has 0 heterocycles. The molecule has 4 bridgehead atoms. The van der Waals surface area contributed by atoms with Gasteiger partial charge in [0.1, 0.15) is 5.75 Å². The molecule has 4 heteroatoms. The summed E-state index contributed by atoms with van der Waals surface area (Å²) in [6, 6.07) is 9.83. The second-order valence-electron chi connectivity index (χ2n) is 7.88. The van der Waals surface area contributed by atoms with Gasteiger partial charge in [-0.2, -0.15) is 0 Å². The Kier molecular flexibility index (Phi) is 4.90. The van der Waals surface area contributed by atoms with Crippen LogP contribution in [0, 0.1) is 23.8 Å². The molecule has 131 valence electrons. The van der Waals surface area contributed by atoms with Crippen LogP contribution < -0.4 is 4.74 Å². The van der Waals surface area contributed by atoms with Crippen LogP contribution in [0.3, 0.4) is 0 Å². The summed E-state index contributed by atoms with van der Waals surface area (Å²) in [6.07, 6.45) is 8.28. The van der Waals surface area contributed by atoms with Crippen molar-refractivity contribution in [1.29, 1.82) is 0 Å². The maximum Gasteiger partial charge on any atom is 0.191 e. The van der Waals surface area contributed by atoms with Crippen LogP contribution in [0.5, 0.6) is 5.75 Å². The summed E-state index contributed by atoms with van der Waals surface area (Å²) in [6.45, 7) is 0.189. The van der Waals surface area contributed by atoms with E-state index >= 15 is 0 Å². The average molecular weight is 394 g/mol. The lowest BCUT2D eigenvalue weighted by Crippen LogP contribution is -2.48. The van der Waals surface area contributed by atoms with Crippen LogP contribution >= 0.6 is 15.9 Å². The van der Waals surface area contributed by atoms with Gasteiger partial charge in [0, 0.05) is 7.11 Å². The molecule has 0 aromatic heterocycles. The van der Waals surface area contributed by atoms with Crippen molar-refractivity contribution in [3.8, 4) is 5.75 Å². The molecule has 1 unspecified atom stereocenters. The third kappa shape index (κ3) is 3.25. The molecule has 3 nitrogen and oxygen atoms in total. The molecule has 1 atom stereocenters. The van der Waals surface area contributed by atoms with E-state index in [0.29, 0.717) is 10.7 Å². The van der Waals surface area contributed by atoms with E-state index in [1.807, 2.05) is 6.07 Å². The molecule has 5 rings (SSSR count). The number of hydrogen-bond donors (Lipinski definition) is 0. The summed E-state index contributed by atoms with van der Waals surface area (Å²) in [5.41, 5.74) is 1.81. The Bertz CT molecular complexity index is 517. The fourth-order valence-electron chi connectivity index (χ4n) is 5.62. The number of methoxy groups -OCH3 is 1. The summed E-state index contributed by atoms with van der Waals surface area (Å²) in [5, 5.41) is 0.629. The van der Waals surface area contributed by atoms with Crippen molar-refractivity contribution in [2.45, 2.75) is 50.2 Å². The number of ether oxygens (including phenoxy) is 3. The molecule has 0 spiro atoms. The number of rotatable bonds is 7. The minimum atomic E-state index is -0.278. The molecule has 1 aromatic rings. The Labute approximate surface area is 153 Å². The minimum absolute atomic E-state index is 0.189. The van der Waals surface area contributed by atoms with Crippen molar-refractivity contribution < 1.29 is 14.2 Å². The first-order valence-corrected chi connectivity index (χ1v) is 10.2. The van der Waals surface area contributed by atoms with Crippen molar-refractivity contribution in [3.05, 3.63) is 29.8 Å². The lowest BCUT2D eigenvalue weighted by Gasteiger charge is -2.57. The minimum Gasteiger partial charge on any atom is -0.467 e. The molecule has 4 aliphatic carbocycles. The zero-order chi connectivity index (χ0) is 16.6. The maximum atomic E-state index is 5.66. The Morgan fingerprint density at radius 3 is 2.33 bits per heavy atom. The number of hydrogen-bond acceptors (Lipinski definition) is 3. The van der Waals surface area contributed by atoms with Crippen LogP contribution in [0.2, 0.25) is 0 Å². The van der Waals surface area contributed by atoms with Gasteiger partial charge < -0.3 is 14.2 Å². The molecule has 4 fully saturated rings. The second kappa shape index (κ2) is 6.97. The van der Waals surface area contributed by atoms with Crippen LogP contribution in [0.15, 0.2) is 18.2 Å². The number of alkyl halides is 1. The van der Waals surface area contributed by atoms with Crippen molar-refractivity contribution in [2.24, 2.45) is 17.8 Å². The Morgan fingerprint density at radius 1 is 1.17 bits per heavy atom. The Hall–Kier alpha value is -0.580. The van der Waals surface area contributed by atoms with Gasteiger partial charge >= 0.3 is 0 Å². The monoisotopic (exact) mass is 393 g/mol. The van der Waals surface area contributed by atoms with Crippen molar-refractivity contribution in [1.82, 2.24) is 0 Å². The Balaban J connectivity index is 1.39. The lowest BCUT2D eigenvalue weighted by atomic mass is 9.48. The first-order chi connectivity index (χ1) is 11.7. The third-order valence-corrected chi connectivity index (χ3v) is 6.79. The molecule has 1 radical (unpaired) electrons. The van der Waals surface area contributed by atoms with E-state index in [1.54, 1.807) is 7.11 Å². The van der Waals surface area contributed by atoms with Crippen molar-refractivity contribution in [2.75, 3.05) is 19.2 Å². The Morgan fingerprint density at radius 2 is 1.83 bits per heavy atom. The topological polar surface area (TPSA) is 27.7 Å². The highest BCUT2D eigenvalue weighted by Crippen LogP contribution is 2.60. The van der Waals surface area contributed by atoms with Gasteiger partial charge in [-0.25, -0.2) is 0 Å². The standard InChI is InChI=1S/C20H26BrO3/c1-22-19(12-21)24-13-23-18-4-2-17(3-5-18)20-9-14-6-15(10-20)8-16(7-14)11-20/h2,4-5,14-16,19H,6-13H2,1H3. The largest absolute Gasteiger partial charge is 0.467 e. The normalized spacial score (nSPS) is 35.2. The summed E-state index contributed by atoms with van der Waals surface area (Å²) in [7, 11) is 1.62. The first-order valence-electron chi connectivity index (χ1n) is 9.06. The van der Waals surface area contributed by atoms with Gasteiger partial charge in [0.2, 0.25) is 0 Å². The summed E-state index contributed by atoms with van der Waals surface area (Å²) >= 11 is 3.34. The van der Waals surface area contributed by atoms with Crippen LogP contribution in [0.4, 0.5) is 0 Å². The molecule has 0 N–H and O–H groups in total. The molecule has 0 saturated heterocycles. The average Bonchev–Trinajstić information content (AvgIpc) is 2.58. The van der Waals surface area contributed by atoms with Crippen LogP contribution in [-0.4, -0.2) is 25.5 Å². The molecule has 4 saturated carbocycles. The highest BCUT2D eigenvalue weighted by atomic mass is 79.9. The predicted molar refractivity (Wildman–Crippen MR) is 96.3 cm³/mol. The third-order valence-electron chi connectivity index (χ3n) is 6.26. The van der Waals surface area contributed by atoms with E-state index in [9.17, 15) is 0 Å². The van der Waals surface area contributed by atoms with Gasteiger partial charge in [0.15, 0.2) is 13.1 Å². The van der Waals surface area contributed by atoms with Crippen LogP contribution in [0.1, 0.15) is 44.1 Å². The second-order valence-corrected chi connectivity index (χ2v) is 8.53. The van der Waals surface area contributed by atoms with Gasteiger partial charge in [-0.1, -0.05) is 22.0 Å². The number of benzene rings is 1. The quantitative estimate of drug-likeness (QED) is 0.497. The maximum absolute atomic E-state index is 5.66. The van der Waals surface area contributed by atoms with Crippen molar-refractivity contribution in [3.63, 3.8) is 0 Å². The van der Waals surface area contributed by atoms with Crippen LogP contribution in [-0.2, 0) is 14.9 Å². The van der Waals surface area contributed by atoms with E-state index in [0.717, 1.165) is 23.5 Å². The predicted octanol–water partition coefficient (Wildman–Crippen LogP) is 4.67. The molecular weight excluding hydrogens is 368 g/mol. The fourth-order valence-corrected chi connectivity index (χ4v) is 6.08. The highest BCUT2D eigenvalue weighted by molar-refractivity contribution is 9.09. The van der Waals surface area contributed by atoms with Crippen molar-refractivity contribution >= 4 is 15.9 Å². The zero-order valence-corrected chi connectivity index (χ0v) is 15.9. The number of halogens is 1. The molecule has 1 aromatic carbocycles. The summed E-state index contributed by atoms with van der Waals surface area (Å²) < 4.78 is 16.3. The molecule has 4 aliphatic rings.